The first-order valence-electron chi connectivity index (χ1n) is 10.5. The Labute approximate surface area is 204 Å². The van der Waals surface area contributed by atoms with E-state index in [1.54, 1.807) is 65.4 Å². The lowest BCUT2D eigenvalue weighted by Gasteiger charge is -2.28. The van der Waals surface area contributed by atoms with Crippen molar-refractivity contribution < 1.29 is 19.1 Å². The third kappa shape index (κ3) is 4.87. The van der Waals surface area contributed by atoms with E-state index >= 15 is 0 Å². The SMILES string of the molecule is Cn1cc(C(=O)C(=O)N[C@H](c2ccccc2)[C@H](OC(N)=O)c2ccccc2)c2cc(Br)ccc21. The third-order valence-corrected chi connectivity index (χ3v) is 6.01. The minimum Gasteiger partial charge on any atom is -0.439 e. The lowest BCUT2D eigenvalue weighted by Crippen LogP contribution is -2.39. The largest absolute Gasteiger partial charge is 0.439 e. The van der Waals surface area contributed by atoms with Crippen molar-refractivity contribution in [2.45, 2.75) is 12.1 Å². The quantitative estimate of drug-likeness (QED) is 0.270. The normalized spacial score (nSPS) is 12.6. The molecule has 0 aliphatic carbocycles. The summed E-state index contributed by atoms with van der Waals surface area (Å²) in [7, 11) is 1.81. The summed E-state index contributed by atoms with van der Waals surface area (Å²) in [5, 5.41) is 3.44. The molecule has 34 heavy (non-hydrogen) atoms. The number of carbonyl (C=O) groups excluding carboxylic acids is 3. The van der Waals surface area contributed by atoms with Gasteiger partial charge in [-0.2, -0.15) is 0 Å². The molecule has 0 aliphatic rings. The molecule has 3 N–H and O–H groups in total. The summed E-state index contributed by atoms with van der Waals surface area (Å²) in [4.78, 5) is 38.2. The molecule has 1 aromatic heterocycles. The molecule has 2 atom stereocenters. The number of hydrogen-bond donors (Lipinski definition) is 2. The zero-order valence-electron chi connectivity index (χ0n) is 18.3. The fraction of sp³-hybridized carbons (Fsp3) is 0.115. The summed E-state index contributed by atoms with van der Waals surface area (Å²) in [6.07, 6.45) is -0.306. The number of carbonyl (C=O) groups is 3. The molecule has 0 radical (unpaired) electrons. The van der Waals surface area contributed by atoms with Crippen LogP contribution in [0, 0.1) is 0 Å². The number of hydrogen-bond acceptors (Lipinski definition) is 4. The average molecular weight is 520 g/mol. The fourth-order valence-electron chi connectivity index (χ4n) is 3.96. The maximum absolute atomic E-state index is 13.3. The van der Waals surface area contributed by atoms with Crippen LogP contribution in [0.25, 0.3) is 10.9 Å². The highest BCUT2D eigenvalue weighted by Crippen LogP contribution is 2.33. The number of ether oxygens (including phenoxy) is 1. The van der Waals surface area contributed by atoms with Gasteiger partial charge in [-0.05, 0) is 29.3 Å². The predicted molar refractivity (Wildman–Crippen MR) is 132 cm³/mol. The van der Waals surface area contributed by atoms with Gasteiger partial charge in [0.25, 0.3) is 11.7 Å². The van der Waals surface area contributed by atoms with Gasteiger partial charge in [-0.15, -0.1) is 0 Å². The number of fused-ring (bicyclic) bond motifs is 1. The summed E-state index contributed by atoms with van der Waals surface area (Å²) in [6.45, 7) is 0. The zero-order chi connectivity index (χ0) is 24.2. The maximum atomic E-state index is 13.3. The van der Waals surface area contributed by atoms with Gasteiger partial charge < -0.3 is 20.4 Å². The molecule has 0 saturated carbocycles. The van der Waals surface area contributed by atoms with E-state index in [1.807, 2.05) is 31.3 Å². The van der Waals surface area contributed by atoms with Crippen molar-refractivity contribution in [3.05, 3.63) is 106 Å². The lowest BCUT2D eigenvalue weighted by atomic mass is 9.95. The van der Waals surface area contributed by atoms with E-state index in [2.05, 4.69) is 21.2 Å². The van der Waals surface area contributed by atoms with Crippen LogP contribution in [0.5, 0.6) is 0 Å². The zero-order valence-corrected chi connectivity index (χ0v) is 19.9. The van der Waals surface area contributed by atoms with Gasteiger partial charge in [0.15, 0.2) is 6.10 Å². The van der Waals surface area contributed by atoms with Crippen molar-refractivity contribution in [2.75, 3.05) is 0 Å². The molecular weight excluding hydrogens is 498 g/mol. The number of halogens is 1. The van der Waals surface area contributed by atoms with E-state index in [4.69, 9.17) is 10.5 Å². The molecule has 0 spiro atoms. The Morgan fingerprint density at radius 1 is 0.941 bits per heavy atom. The molecule has 8 heteroatoms. The molecule has 0 bridgehead atoms. The molecule has 0 fully saturated rings. The van der Waals surface area contributed by atoms with Crippen molar-refractivity contribution in [3.8, 4) is 0 Å². The van der Waals surface area contributed by atoms with Gasteiger partial charge in [0.2, 0.25) is 0 Å². The van der Waals surface area contributed by atoms with Gasteiger partial charge in [0.05, 0.1) is 11.6 Å². The lowest BCUT2D eigenvalue weighted by molar-refractivity contribution is -0.118. The molecule has 0 aliphatic heterocycles. The van der Waals surface area contributed by atoms with Crippen molar-refractivity contribution >= 4 is 44.6 Å². The van der Waals surface area contributed by atoms with Crippen molar-refractivity contribution in [1.29, 1.82) is 0 Å². The van der Waals surface area contributed by atoms with Crippen LogP contribution in [0.15, 0.2) is 89.5 Å². The van der Waals surface area contributed by atoms with Gasteiger partial charge in [-0.25, -0.2) is 4.79 Å². The second-order valence-electron chi connectivity index (χ2n) is 7.77. The van der Waals surface area contributed by atoms with Crippen LogP contribution in [0.1, 0.15) is 33.6 Å². The number of nitrogens with zero attached hydrogens (tertiary/aromatic N) is 1. The first-order valence-corrected chi connectivity index (χ1v) is 11.3. The number of Topliss-reactive ketones (excluding diaryl/α,β-unsaturated/α-hetero) is 1. The molecule has 7 nitrogen and oxygen atoms in total. The first kappa shape index (κ1) is 23.3. The monoisotopic (exact) mass is 519 g/mol. The fourth-order valence-corrected chi connectivity index (χ4v) is 4.33. The molecular formula is C26H22BrN3O4. The number of benzene rings is 3. The highest BCUT2D eigenvalue weighted by Gasteiger charge is 2.32. The predicted octanol–water partition coefficient (Wildman–Crippen LogP) is 4.82. The Morgan fingerprint density at radius 2 is 1.56 bits per heavy atom. The van der Waals surface area contributed by atoms with Crippen molar-refractivity contribution in [1.82, 2.24) is 9.88 Å². The van der Waals surface area contributed by atoms with Crippen LogP contribution in [0.2, 0.25) is 0 Å². The number of aryl methyl sites for hydroxylation is 1. The molecule has 2 amide bonds. The van der Waals surface area contributed by atoms with E-state index in [1.165, 1.54) is 0 Å². The van der Waals surface area contributed by atoms with Gasteiger partial charge in [-0.1, -0.05) is 76.6 Å². The molecule has 1 heterocycles. The Bertz CT molecular complexity index is 1350. The molecule has 172 valence electrons. The number of nitrogens with two attached hydrogens (primary N) is 1. The first-order chi connectivity index (χ1) is 16.3. The number of ketones is 1. The highest BCUT2D eigenvalue weighted by molar-refractivity contribution is 9.10. The summed E-state index contributed by atoms with van der Waals surface area (Å²) < 4.78 is 8.02. The second kappa shape index (κ2) is 9.93. The summed E-state index contributed by atoms with van der Waals surface area (Å²) >= 11 is 3.42. The Morgan fingerprint density at radius 3 is 2.18 bits per heavy atom. The topological polar surface area (TPSA) is 103 Å². The smallest absolute Gasteiger partial charge is 0.405 e. The number of amides is 2. The molecule has 0 saturated heterocycles. The van der Waals surface area contributed by atoms with Gasteiger partial charge >= 0.3 is 6.09 Å². The standard InChI is InChI=1S/C26H22BrN3O4/c1-30-15-20(19-14-18(27)12-13-21(19)30)23(31)25(32)29-22(16-8-4-2-5-9-16)24(34-26(28)33)17-10-6-3-7-11-17/h2-15,22,24H,1H3,(H2,28,33)(H,29,32)/t22-,24-/m1/s1. The summed E-state index contributed by atoms with van der Waals surface area (Å²) in [6, 6.07) is 22.6. The van der Waals surface area contributed by atoms with Crippen LogP contribution in [0.3, 0.4) is 0 Å². The number of primary amides is 1. The minimum atomic E-state index is -0.991. The average Bonchev–Trinajstić information content (AvgIpc) is 3.17. The maximum Gasteiger partial charge on any atom is 0.405 e. The minimum absolute atomic E-state index is 0.273. The molecule has 4 rings (SSSR count). The van der Waals surface area contributed by atoms with Crippen LogP contribution < -0.4 is 11.1 Å². The number of nitrogens with one attached hydrogen (secondary N) is 1. The van der Waals surface area contributed by atoms with Crippen LogP contribution in [-0.2, 0) is 16.6 Å². The van der Waals surface area contributed by atoms with Crippen molar-refractivity contribution in [2.24, 2.45) is 12.8 Å². The molecule has 4 aromatic rings. The number of aromatic nitrogens is 1. The van der Waals surface area contributed by atoms with Gasteiger partial charge in [-0.3, -0.25) is 9.59 Å². The van der Waals surface area contributed by atoms with E-state index < -0.39 is 29.9 Å². The van der Waals surface area contributed by atoms with Crippen molar-refractivity contribution in [3.63, 3.8) is 0 Å². The Hall–Kier alpha value is -3.91. The van der Waals surface area contributed by atoms with Gasteiger partial charge in [0, 0.05) is 28.6 Å². The Balaban J connectivity index is 1.72. The van der Waals surface area contributed by atoms with E-state index in [-0.39, 0.29) is 5.56 Å². The van der Waals surface area contributed by atoms with Crippen LogP contribution in [0.4, 0.5) is 4.79 Å². The summed E-state index contributed by atoms with van der Waals surface area (Å²) in [5.74, 6) is -1.52. The van der Waals surface area contributed by atoms with Crippen LogP contribution in [-0.4, -0.2) is 22.4 Å². The van der Waals surface area contributed by atoms with Gasteiger partial charge in [0.1, 0.15) is 0 Å². The van der Waals surface area contributed by atoms with E-state index in [0.717, 1.165) is 9.99 Å². The summed E-state index contributed by atoms with van der Waals surface area (Å²) in [5.41, 5.74) is 7.72. The molecule has 3 aromatic carbocycles. The van der Waals surface area contributed by atoms with E-state index in [9.17, 15) is 14.4 Å². The van der Waals surface area contributed by atoms with E-state index in [0.29, 0.717) is 16.5 Å². The third-order valence-electron chi connectivity index (χ3n) is 5.52. The Kier molecular flexibility index (Phi) is 6.79. The highest BCUT2D eigenvalue weighted by atomic mass is 79.9. The molecule has 0 unspecified atom stereocenters. The van der Waals surface area contributed by atoms with Crippen LogP contribution >= 0.6 is 15.9 Å². The second-order valence-corrected chi connectivity index (χ2v) is 8.69. The number of rotatable bonds is 7.